The molecule has 0 spiro atoms. The SMILES string of the molecule is CC(=O)OC1CCC2(C)C(CCC3(C)C4CCC5(C(=O)NCc6ccccc6C(C)=O)CCCC5C4CCC32)C1(C)C. The number of fused-ring (bicyclic) bond motifs is 7. The van der Waals surface area contributed by atoms with Crippen molar-refractivity contribution >= 4 is 17.7 Å². The first kappa shape index (κ1) is 29.9. The van der Waals surface area contributed by atoms with E-state index >= 15 is 0 Å². The summed E-state index contributed by atoms with van der Waals surface area (Å²) < 4.78 is 5.90. The van der Waals surface area contributed by atoms with Crippen molar-refractivity contribution in [3.8, 4) is 0 Å². The first-order chi connectivity index (χ1) is 19.8. The molecular formula is C37H53NO4. The van der Waals surface area contributed by atoms with E-state index in [4.69, 9.17) is 4.74 Å². The number of ketones is 1. The van der Waals surface area contributed by atoms with Gasteiger partial charge in [0, 0.05) is 24.4 Å². The van der Waals surface area contributed by atoms with E-state index in [1.54, 1.807) is 13.8 Å². The summed E-state index contributed by atoms with van der Waals surface area (Å²) in [5, 5.41) is 3.33. The number of nitrogens with one attached hydrogen (secondary N) is 1. The third-order valence-electron chi connectivity index (χ3n) is 14.0. The third kappa shape index (κ3) is 4.41. The van der Waals surface area contributed by atoms with Gasteiger partial charge in [-0.25, -0.2) is 0 Å². The molecule has 5 heteroatoms. The highest BCUT2D eigenvalue weighted by Gasteiger charge is 2.67. The quantitative estimate of drug-likeness (QED) is 0.286. The molecule has 9 atom stereocenters. The minimum absolute atomic E-state index is 0.0108. The number of esters is 1. The van der Waals surface area contributed by atoms with Gasteiger partial charge in [-0.1, -0.05) is 58.4 Å². The zero-order chi connectivity index (χ0) is 30.1. The highest BCUT2D eigenvalue weighted by Crippen LogP contribution is 2.73. The van der Waals surface area contributed by atoms with Gasteiger partial charge in [0.1, 0.15) is 6.10 Å². The second-order valence-electron chi connectivity index (χ2n) is 16.1. The Bertz CT molecular complexity index is 1250. The van der Waals surface area contributed by atoms with Crippen LogP contribution in [0.25, 0.3) is 0 Å². The van der Waals surface area contributed by atoms with Gasteiger partial charge in [-0.3, -0.25) is 14.4 Å². The number of hydrogen-bond acceptors (Lipinski definition) is 4. The van der Waals surface area contributed by atoms with Crippen LogP contribution in [0.3, 0.4) is 0 Å². The van der Waals surface area contributed by atoms with E-state index in [2.05, 4.69) is 33.0 Å². The molecule has 1 aromatic carbocycles. The molecule has 42 heavy (non-hydrogen) atoms. The molecule has 5 fully saturated rings. The molecule has 9 unspecified atom stereocenters. The number of carbonyl (C=O) groups is 3. The lowest BCUT2D eigenvalue weighted by molar-refractivity contribution is -0.220. The van der Waals surface area contributed by atoms with Crippen LogP contribution < -0.4 is 5.32 Å². The highest BCUT2D eigenvalue weighted by molar-refractivity contribution is 5.95. The zero-order valence-electron chi connectivity index (χ0n) is 26.9. The van der Waals surface area contributed by atoms with Crippen molar-refractivity contribution in [2.24, 2.45) is 51.2 Å². The van der Waals surface area contributed by atoms with Crippen molar-refractivity contribution in [2.45, 2.75) is 125 Å². The van der Waals surface area contributed by atoms with Gasteiger partial charge in [-0.15, -0.1) is 0 Å². The third-order valence-corrected chi connectivity index (χ3v) is 14.0. The summed E-state index contributed by atoms with van der Waals surface area (Å²) in [5.74, 6) is 3.17. The van der Waals surface area contributed by atoms with Crippen molar-refractivity contribution in [3.63, 3.8) is 0 Å². The van der Waals surface area contributed by atoms with Gasteiger partial charge in [-0.2, -0.15) is 0 Å². The van der Waals surface area contributed by atoms with E-state index in [1.165, 1.54) is 32.1 Å². The normalized spacial score (nSPS) is 41.9. The number of hydrogen-bond donors (Lipinski definition) is 1. The van der Waals surface area contributed by atoms with Gasteiger partial charge in [0.2, 0.25) is 5.91 Å². The maximum Gasteiger partial charge on any atom is 0.302 e. The number of Topliss-reactive ketones (excluding diaryl/α,β-unsaturated/α-hetero) is 1. The van der Waals surface area contributed by atoms with Crippen molar-refractivity contribution < 1.29 is 19.1 Å². The van der Waals surface area contributed by atoms with E-state index < -0.39 is 0 Å². The molecule has 1 N–H and O–H groups in total. The van der Waals surface area contributed by atoms with E-state index in [0.717, 1.165) is 44.1 Å². The van der Waals surface area contributed by atoms with Crippen LogP contribution in [-0.2, 0) is 20.9 Å². The van der Waals surface area contributed by atoms with Crippen LogP contribution in [0.15, 0.2) is 24.3 Å². The number of carbonyl (C=O) groups excluding carboxylic acids is 3. The summed E-state index contributed by atoms with van der Waals surface area (Å²) in [6.07, 6.45) is 12.6. The molecule has 5 aliphatic rings. The molecular weight excluding hydrogens is 522 g/mol. The Hall–Kier alpha value is -2.17. The van der Waals surface area contributed by atoms with Gasteiger partial charge in [0.15, 0.2) is 5.78 Å². The van der Waals surface area contributed by atoms with Gasteiger partial charge in [-0.05, 0) is 117 Å². The van der Waals surface area contributed by atoms with Crippen LogP contribution in [0.4, 0.5) is 0 Å². The molecule has 0 aliphatic heterocycles. The molecule has 230 valence electrons. The molecule has 0 bridgehead atoms. The summed E-state index contributed by atoms with van der Waals surface area (Å²) in [7, 11) is 0. The summed E-state index contributed by atoms with van der Waals surface area (Å²) >= 11 is 0. The minimum Gasteiger partial charge on any atom is -0.462 e. The maximum absolute atomic E-state index is 14.1. The second kappa shape index (κ2) is 10.5. The molecule has 1 aromatic rings. The van der Waals surface area contributed by atoms with Gasteiger partial charge in [0.25, 0.3) is 0 Å². The minimum atomic E-state index is -0.249. The van der Waals surface area contributed by atoms with Crippen molar-refractivity contribution in [1.82, 2.24) is 5.32 Å². The van der Waals surface area contributed by atoms with E-state index in [-0.39, 0.29) is 40.0 Å². The van der Waals surface area contributed by atoms with Crippen LogP contribution >= 0.6 is 0 Å². The molecule has 1 amide bonds. The number of ether oxygens (including phenoxy) is 1. The fourth-order valence-electron chi connectivity index (χ4n) is 12.4. The molecule has 0 heterocycles. The Morgan fingerprint density at radius 1 is 0.810 bits per heavy atom. The molecule has 5 aliphatic carbocycles. The Labute approximate surface area is 253 Å². The molecule has 0 saturated heterocycles. The van der Waals surface area contributed by atoms with Crippen LogP contribution in [-0.4, -0.2) is 23.8 Å². The predicted molar refractivity (Wildman–Crippen MR) is 165 cm³/mol. The lowest BCUT2D eigenvalue weighted by Gasteiger charge is -2.69. The summed E-state index contributed by atoms with van der Waals surface area (Å²) in [6.45, 7) is 13.5. The van der Waals surface area contributed by atoms with E-state index in [0.29, 0.717) is 47.1 Å². The first-order valence-corrected chi connectivity index (χ1v) is 16.9. The molecule has 5 saturated carbocycles. The molecule has 0 aromatic heterocycles. The predicted octanol–water partition coefficient (Wildman–Crippen LogP) is 7.90. The standard InChI is InChI=1S/C37H53NO4/c1-23(39)26-11-8-7-10-25(26)22-38-33(41)37-18-9-12-29(37)27-13-14-31-35(5,28(27)15-21-37)19-16-30-34(3,4)32(42-24(2)40)17-20-36(30,31)6/h7-8,10-11,27-32H,9,12-22H2,1-6H3,(H,38,41). The van der Waals surface area contributed by atoms with Crippen LogP contribution in [0.5, 0.6) is 0 Å². The van der Waals surface area contributed by atoms with E-state index in [9.17, 15) is 14.4 Å². The monoisotopic (exact) mass is 575 g/mol. The van der Waals surface area contributed by atoms with Gasteiger partial charge >= 0.3 is 5.97 Å². The fourth-order valence-corrected chi connectivity index (χ4v) is 12.4. The molecule has 6 rings (SSSR count). The lowest BCUT2D eigenvalue weighted by Crippen LogP contribution is -2.64. The highest BCUT2D eigenvalue weighted by atomic mass is 16.5. The number of rotatable bonds is 5. The summed E-state index contributed by atoms with van der Waals surface area (Å²) in [6, 6.07) is 7.68. The molecule has 5 nitrogen and oxygen atoms in total. The molecule has 0 radical (unpaired) electrons. The van der Waals surface area contributed by atoms with Crippen molar-refractivity contribution in [3.05, 3.63) is 35.4 Å². The Morgan fingerprint density at radius 2 is 1.55 bits per heavy atom. The Kier molecular flexibility index (Phi) is 7.45. The summed E-state index contributed by atoms with van der Waals surface area (Å²) in [4.78, 5) is 38.2. The van der Waals surface area contributed by atoms with Crippen molar-refractivity contribution in [1.29, 1.82) is 0 Å². The second-order valence-corrected chi connectivity index (χ2v) is 16.1. The largest absolute Gasteiger partial charge is 0.462 e. The zero-order valence-corrected chi connectivity index (χ0v) is 26.9. The smallest absolute Gasteiger partial charge is 0.302 e. The average molecular weight is 576 g/mol. The Balaban J connectivity index is 1.21. The van der Waals surface area contributed by atoms with Crippen LogP contribution in [0, 0.1) is 51.2 Å². The van der Waals surface area contributed by atoms with Gasteiger partial charge < -0.3 is 10.1 Å². The first-order valence-electron chi connectivity index (χ1n) is 16.9. The number of benzene rings is 1. The fraction of sp³-hybridized carbons (Fsp3) is 0.757. The van der Waals surface area contributed by atoms with Gasteiger partial charge in [0.05, 0.1) is 5.41 Å². The number of amides is 1. The van der Waals surface area contributed by atoms with Crippen LogP contribution in [0.1, 0.15) is 128 Å². The topological polar surface area (TPSA) is 72.5 Å². The average Bonchev–Trinajstić information content (AvgIpc) is 3.39. The van der Waals surface area contributed by atoms with E-state index in [1.807, 2.05) is 24.3 Å². The lowest BCUT2D eigenvalue weighted by atomic mass is 9.36. The summed E-state index contributed by atoms with van der Waals surface area (Å²) in [5.41, 5.74) is 1.95. The maximum atomic E-state index is 14.1. The van der Waals surface area contributed by atoms with Crippen molar-refractivity contribution in [2.75, 3.05) is 0 Å². The van der Waals surface area contributed by atoms with Crippen LogP contribution in [0.2, 0.25) is 0 Å². The Morgan fingerprint density at radius 3 is 2.29 bits per heavy atom.